The maximum absolute atomic E-state index is 12.8. The molecule has 30 heavy (non-hydrogen) atoms. The molecule has 2 aliphatic rings. The summed E-state index contributed by atoms with van der Waals surface area (Å²) in [6.07, 6.45) is 4.45. The SMILES string of the molecule is CN(Cc1ccccc1)c1ncc2c(n1)CC(C)(C)C[C@H]2NC(=O)C1(C(N)=O)CC1. The Morgan fingerprint density at radius 2 is 1.93 bits per heavy atom. The van der Waals surface area contributed by atoms with Gasteiger partial charge in [-0.15, -0.1) is 0 Å². The van der Waals surface area contributed by atoms with Gasteiger partial charge in [-0.3, -0.25) is 9.59 Å². The van der Waals surface area contributed by atoms with Gasteiger partial charge in [-0.25, -0.2) is 9.97 Å². The molecule has 1 heterocycles. The normalized spacial score (nSPS) is 20.7. The predicted molar refractivity (Wildman–Crippen MR) is 114 cm³/mol. The van der Waals surface area contributed by atoms with Crippen LogP contribution in [0.3, 0.4) is 0 Å². The average molecular weight is 408 g/mol. The molecule has 0 spiro atoms. The lowest BCUT2D eigenvalue weighted by Crippen LogP contribution is -2.44. The van der Waals surface area contributed by atoms with E-state index < -0.39 is 11.3 Å². The van der Waals surface area contributed by atoms with E-state index in [1.165, 1.54) is 5.56 Å². The van der Waals surface area contributed by atoms with Crippen LogP contribution in [0.1, 0.15) is 56.0 Å². The predicted octanol–water partition coefficient (Wildman–Crippen LogP) is 2.51. The Morgan fingerprint density at radius 1 is 1.23 bits per heavy atom. The average Bonchev–Trinajstić information content (AvgIpc) is 3.49. The van der Waals surface area contributed by atoms with E-state index in [-0.39, 0.29) is 17.4 Å². The van der Waals surface area contributed by atoms with Crippen molar-refractivity contribution in [1.29, 1.82) is 0 Å². The van der Waals surface area contributed by atoms with Crippen molar-refractivity contribution in [3.63, 3.8) is 0 Å². The summed E-state index contributed by atoms with van der Waals surface area (Å²) < 4.78 is 0. The number of nitrogens with two attached hydrogens (primary N) is 1. The van der Waals surface area contributed by atoms with Crippen LogP contribution in [0.15, 0.2) is 36.5 Å². The molecular weight excluding hydrogens is 378 g/mol. The van der Waals surface area contributed by atoms with Crippen molar-refractivity contribution < 1.29 is 9.59 Å². The summed E-state index contributed by atoms with van der Waals surface area (Å²) in [4.78, 5) is 36.0. The van der Waals surface area contributed by atoms with Gasteiger partial charge in [0.1, 0.15) is 5.41 Å². The standard InChI is InChI=1S/C23H29N5O2/c1-22(2)11-17(26-20(30)23(9-10-23)19(24)29)16-13-25-21(27-18(16)12-22)28(3)14-15-7-5-4-6-8-15/h4-8,13,17H,9-12,14H2,1-3H3,(H2,24,29)(H,26,30)/t17-/m1/s1. The topological polar surface area (TPSA) is 101 Å². The molecule has 0 aliphatic heterocycles. The number of carbonyl (C=O) groups excluding carboxylic acids is 2. The first-order chi connectivity index (χ1) is 14.2. The summed E-state index contributed by atoms with van der Waals surface area (Å²) in [6.45, 7) is 5.06. The van der Waals surface area contributed by atoms with Crippen LogP contribution in [-0.2, 0) is 22.6 Å². The van der Waals surface area contributed by atoms with Crippen molar-refractivity contribution >= 4 is 17.8 Å². The number of hydrogen-bond donors (Lipinski definition) is 2. The van der Waals surface area contributed by atoms with Crippen molar-refractivity contribution in [2.45, 2.75) is 52.1 Å². The van der Waals surface area contributed by atoms with Gasteiger partial charge in [0, 0.05) is 25.4 Å². The second kappa shape index (κ2) is 7.38. The molecule has 1 saturated carbocycles. The van der Waals surface area contributed by atoms with Gasteiger partial charge in [-0.2, -0.15) is 0 Å². The van der Waals surface area contributed by atoms with Gasteiger partial charge in [0.05, 0.1) is 11.7 Å². The number of rotatable bonds is 6. The number of aromatic nitrogens is 2. The van der Waals surface area contributed by atoms with E-state index in [4.69, 9.17) is 10.7 Å². The van der Waals surface area contributed by atoms with Crippen LogP contribution in [0.5, 0.6) is 0 Å². The van der Waals surface area contributed by atoms with Crippen LogP contribution >= 0.6 is 0 Å². The second-order valence-electron chi connectivity index (χ2n) is 9.43. The van der Waals surface area contributed by atoms with Crippen molar-refractivity contribution in [2.75, 3.05) is 11.9 Å². The lowest BCUT2D eigenvalue weighted by Gasteiger charge is -2.37. The second-order valence-corrected chi connectivity index (χ2v) is 9.43. The Hall–Kier alpha value is -2.96. The molecular formula is C23H29N5O2. The highest BCUT2D eigenvalue weighted by Gasteiger charge is 2.56. The number of anilines is 1. The third-order valence-corrected chi connectivity index (χ3v) is 6.23. The fraction of sp³-hybridized carbons (Fsp3) is 0.478. The molecule has 158 valence electrons. The minimum absolute atomic E-state index is 0.0298. The smallest absolute Gasteiger partial charge is 0.236 e. The zero-order valence-corrected chi connectivity index (χ0v) is 17.8. The molecule has 2 aromatic rings. The zero-order chi connectivity index (χ0) is 21.5. The lowest BCUT2D eigenvalue weighted by molar-refractivity contribution is -0.136. The summed E-state index contributed by atoms with van der Waals surface area (Å²) in [7, 11) is 1.98. The number of fused-ring (bicyclic) bond motifs is 1. The van der Waals surface area contributed by atoms with E-state index in [0.29, 0.717) is 25.3 Å². The molecule has 1 aromatic heterocycles. The molecule has 2 aliphatic carbocycles. The molecule has 1 aromatic carbocycles. The monoisotopic (exact) mass is 407 g/mol. The molecule has 7 heteroatoms. The Balaban J connectivity index is 1.57. The molecule has 2 amide bonds. The van der Waals surface area contributed by atoms with Gasteiger partial charge in [0.25, 0.3) is 0 Å². The van der Waals surface area contributed by atoms with Crippen molar-refractivity contribution in [3.8, 4) is 0 Å². The maximum atomic E-state index is 12.8. The highest BCUT2D eigenvalue weighted by molar-refractivity contribution is 6.07. The van der Waals surface area contributed by atoms with Crippen LogP contribution in [0.2, 0.25) is 0 Å². The minimum atomic E-state index is -1.03. The fourth-order valence-corrected chi connectivity index (χ4v) is 4.28. The molecule has 1 atom stereocenters. The number of nitrogens with zero attached hydrogens (tertiary/aromatic N) is 3. The van der Waals surface area contributed by atoms with Crippen molar-refractivity contribution in [3.05, 3.63) is 53.3 Å². The third kappa shape index (κ3) is 3.88. The first-order valence-electron chi connectivity index (χ1n) is 10.4. The molecule has 0 unspecified atom stereocenters. The summed E-state index contributed by atoms with van der Waals surface area (Å²) >= 11 is 0. The van der Waals surface area contributed by atoms with Gasteiger partial charge in [0.15, 0.2) is 0 Å². The Kier molecular flexibility index (Phi) is 5.00. The molecule has 1 fully saturated rings. The maximum Gasteiger partial charge on any atom is 0.236 e. The van der Waals surface area contributed by atoms with Gasteiger partial charge in [-0.1, -0.05) is 44.2 Å². The molecule has 3 N–H and O–H groups in total. The van der Waals surface area contributed by atoms with E-state index in [1.54, 1.807) is 0 Å². The summed E-state index contributed by atoms with van der Waals surface area (Å²) in [5.41, 5.74) is 7.48. The molecule has 0 saturated heterocycles. The highest BCUT2D eigenvalue weighted by Crippen LogP contribution is 2.47. The molecule has 7 nitrogen and oxygen atoms in total. The van der Waals surface area contributed by atoms with E-state index >= 15 is 0 Å². The van der Waals surface area contributed by atoms with Crippen LogP contribution in [0.4, 0.5) is 5.95 Å². The first-order valence-corrected chi connectivity index (χ1v) is 10.4. The minimum Gasteiger partial charge on any atom is -0.369 e. The lowest BCUT2D eigenvalue weighted by atomic mass is 9.74. The number of primary amides is 1. The van der Waals surface area contributed by atoms with Crippen LogP contribution < -0.4 is 16.0 Å². The quantitative estimate of drug-likeness (QED) is 0.717. The molecule has 0 bridgehead atoms. The van der Waals surface area contributed by atoms with Crippen LogP contribution in [-0.4, -0.2) is 28.8 Å². The van der Waals surface area contributed by atoms with E-state index in [2.05, 4.69) is 36.3 Å². The number of hydrogen-bond acceptors (Lipinski definition) is 5. The van der Waals surface area contributed by atoms with Gasteiger partial charge in [0.2, 0.25) is 17.8 Å². The Morgan fingerprint density at radius 3 is 2.57 bits per heavy atom. The number of amides is 2. The summed E-state index contributed by atoms with van der Waals surface area (Å²) in [6, 6.07) is 9.98. The number of nitrogens with one attached hydrogen (secondary N) is 1. The van der Waals surface area contributed by atoms with E-state index in [1.807, 2.05) is 36.3 Å². The van der Waals surface area contributed by atoms with Crippen LogP contribution in [0.25, 0.3) is 0 Å². The Labute approximate surface area is 177 Å². The highest BCUT2D eigenvalue weighted by atomic mass is 16.2. The van der Waals surface area contributed by atoms with Gasteiger partial charge in [-0.05, 0) is 36.7 Å². The Bertz CT molecular complexity index is 969. The van der Waals surface area contributed by atoms with Crippen molar-refractivity contribution in [2.24, 2.45) is 16.6 Å². The van der Waals surface area contributed by atoms with Crippen molar-refractivity contribution in [1.82, 2.24) is 15.3 Å². The third-order valence-electron chi connectivity index (χ3n) is 6.23. The van der Waals surface area contributed by atoms with Gasteiger partial charge < -0.3 is 16.0 Å². The molecule has 0 radical (unpaired) electrons. The first kappa shape index (κ1) is 20.3. The molecule has 4 rings (SSSR count). The summed E-state index contributed by atoms with van der Waals surface area (Å²) in [5, 5.41) is 3.07. The summed E-state index contributed by atoms with van der Waals surface area (Å²) in [5.74, 6) is -0.144. The number of benzene rings is 1. The van der Waals surface area contributed by atoms with Crippen LogP contribution in [0, 0.1) is 10.8 Å². The zero-order valence-electron chi connectivity index (χ0n) is 17.8. The van der Waals surface area contributed by atoms with E-state index in [9.17, 15) is 9.59 Å². The van der Waals surface area contributed by atoms with E-state index in [0.717, 1.165) is 24.1 Å². The number of carbonyl (C=O) groups is 2. The largest absolute Gasteiger partial charge is 0.369 e. The van der Waals surface area contributed by atoms with Gasteiger partial charge >= 0.3 is 0 Å². The fourth-order valence-electron chi connectivity index (χ4n) is 4.28.